The molecule has 1 saturated heterocycles. The lowest BCUT2D eigenvalue weighted by Crippen LogP contribution is -2.40. The number of carboxylic acids is 1. The zero-order valence-corrected chi connectivity index (χ0v) is 12.3. The number of hydrogen-bond acceptors (Lipinski definition) is 4. The minimum atomic E-state index is -3.96. The van der Waals surface area contributed by atoms with E-state index in [1.807, 2.05) is 0 Å². The van der Waals surface area contributed by atoms with Gasteiger partial charge in [0.2, 0.25) is 10.0 Å². The maximum atomic E-state index is 13.9. The zero-order chi connectivity index (χ0) is 15.6. The Bertz CT molecular complexity index is 638. The van der Waals surface area contributed by atoms with E-state index in [0.717, 1.165) is 18.2 Å². The molecule has 0 amide bonds. The van der Waals surface area contributed by atoms with Crippen LogP contribution in [0.15, 0.2) is 23.1 Å². The lowest BCUT2D eigenvalue weighted by Gasteiger charge is -2.30. The van der Waals surface area contributed by atoms with Crippen LogP contribution in [0.3, 0.4) is 0 Å². The first kappa shape index (κ1) is 15.9. The lowest BCUT2D eigenvalue weighted by atomic mass is 10.1. The summed E-state index contributed by atoms with van der Waals surface area (Å²) in [5.74, 6) is -2.36. The largest absolute Gasteiger partial charge is 0.478 e. The lowest BCUT2D eigenvalue weighted by molar-refractivity contribution is 0.0603. The highest BCUT2D eigenvalue weighted by Crippen LogP contribution is 2.24. The van der Waals surface area contributed by atoms with E-state index in [-0.39, 0.29) is 24.8 Å². The van der Waals surface area contributed by atoms with Crippen LogP contribution < -0.4 is 0 Å². The van der Waals surface area contributed by atoms with Crippen LogP contribution in [0.25, 0.3) is 0 Å². The van der Waals surface area contributed by atoms with Gasteiger partial charge in [-0.1, -0.05) is 0 Å². The van der Waals surface area contributed by atoms with Gasteiger partial charge in [0.05, 0.1) is 11.7 Å². The van der Waals surface area contributed by atoms with Gasteiger partial charge < -0.3 is 9.84 Å². The van der Waals surface area contributed by atoms with Gasteiger partial charge in [0, 0.05) is 20.2 Å². The van der Waals surface area contributed by atoms with Crippen molar-refractivity contribution in [3.05, 3.63) is 29.6 Å². The van der Waals surface area contributed by atoms with E-state index in [1.54, 1.807) is 7.11 Å². The fourth-order valence-corrected chi connectivity index (χ4v) is 3.81. The van der Waals surface area contributed by atoms with E-state index in [9.17, 15) is 17.6 Å². The van der Waals surface area contributed by atoms with Crippen molar-refractivity contribution in [2.24, 2.45) is 0 Å². The SMILES string of the molecule is COC1CCN(S(=O)(=O)c2ccc(C(=O)O)cc2F)CC1. The van der Waals surface area contributed by atoms with Crippen molar-refractivity contribution < 1.29 is 27.4 Å². The molecule has 8 heteroatoms. The molecule has 2 rings (SSSR count). The van der Waals surface area contributed by atoms with Gasteiger partial charge in [-0.3, -0.25) is 0 Å². The quantitative estimate of drug-likeness (QED) is 0.905. The molecule has 6 nitrogen and oxygen atoms in total. The number of sulfonamides is 1. The average Bonchev–Trinajstić information content (AvgIpc) is 2.46. The molecule has 0 saturated carbocycles. The smallest absolute Gasteiger partial charge is 0.335 e. The number of nitrogens with zero attached hydrogens (tertiary/aromatic N) is 1. The molecule has 0 spiro atoms. The Morgan fingerprint density at radius 1 is 1.38 bits per heavy atom. The summed E-state index contributed by atoms with van der Waals surface area (Å²) in [5.41, 5.74) is -0.287. The highest BCUT2D eigenvalue weighted by molar-refractivity contribution is 7.89. The Labute approximate surface area is 122 Å². The van der Waals surface area contributed by atoms with Crippen molar-refractivity contribution in [3.8, 4) is 0 Å². The van der Waals surface area contributed by atoms with E-state index >= 15 is 0 Å². The van der Waals surface area contributed by atoms with Crippen molar-refractivity contribution in [2.45, 2.75) is 23.8 Å². The first-order chi connectivity index (χ1) is 9.86. The second kappa shape index (κ2) is 6.08. The molecule has 0 aromatic heterocycles. The van der Waals surface area contributed by atoms with Gasteiger partial charge in [0.1, 0.15) is 10.7 Å². The Balaban J connectivity index is 2.26. The number of methoxy groups -OCH3 is 1. The highest BCUT2D eigenvalue weighted by atomic mass is 32.2. The molecule has 0 atom stereocenters. The first-order valence-electron chi connectivity index (χ1n) is 6.42. The predicted octanol–water partition coefficient (Wildman–Crippen LogP) is 1.32. The summed E-state index contributed by atoms with van der Waals surface area (Å²) < 4.78 is 45.0. The van der Waals surface area contributed by atoms with E-state index in [4.69, 9.17) is 9.84 Å². The summed E-state index contributed by atoms with van der Waals surface area (Å²) in [6.45, 7) is 0.502. The number of halogens is 1. The Kier molecular flexibility index (Phi) is 4.60. The maximum absolute atomic E-state index is 13.9. The molecular formula is C13H16FNO5S. The average molecular weight is 317 g/mol. The van der Waals surface area contributed by atoms with Crippen molar-refractivity contribution in [1.29, 1.82) is 0 Å². The molecule has 1 fully saturated rings. The number of aromatic carboxylic acids is 1. The monoisotopic (exact) mass is 317 g/mol. The van der Waals surface area contributed by atoms with Gasteiger partial charge in [-0.15, -0.1) is 0 Å². The van der Waals surface area contributed by atoms with Crippen LogP contribution in [-0.2, 0) is 14.8 Å². The van der Waals surface area contributed by atoms with Crippen LogP contribution in [0, 0.1) is 5.82 Å². The zero-order valence-electron chi connectivity index (χ0n) is 11.5. The van der Waals surface area contributed by atoms with Gasteiger partial charge >= 0.3 is 5.97 Å². The van der Waals surface area contributed by atoms with Gasteiger partial charge in [-0.25, -0.2) is 17.6 Å². The Hall–Kier alpha value is -1.51. The summed E-state index contributed by atoms with van der Waals surface area (Å²) in [7, 11) is -2.39. The summed E-state index contributed by atoms with van der Waals surface area (Å²) in [5, 5.41) is 8.77. The van der Waals surface area contributed by atoms with Gasteiger partial charge in [-0.05, 0) is 31.0 Å². The first-order valence-corrected chi connectivity index (χ1v) is 7.86. The molecule has 0 bridgehead atoms. The molecule has 1 N–H and O–H groups in total. The number of rotatable bonds is 4. The highest BCUT2D eigenvalue weighted by Gasteiger charge is 2.31. The molecule has 116 valence electrons. The molecule has 1 heterocycles. The van der Waals surface area contributed by atoms with Crippen LogP contribution in [0.5, 0.6) is 0 Å². The fourth-order valence-electron chi connectivity index (χ4n) is 2.29. The predicted molar refractivity (Wildman–Crippen MR) is 72.1 cm³/mol. The number of ether oxygens (including phenoxy) is 1. The van der Waals surface area contributed by atoms with E-state index in [0.29, 0.717) is 12.8 Å². The summed E-state index contributed by atoms with van der Waals surface area (Å²) in [6.07, 6.45) is 1.10. The minimum Gasteiger partial charge on any atom is -0.478 e. The summed E-state index contributed by atoms with van der Waals surface area (Å²) in [6, 6.07) is 2.80. The minimum absolute atomic E-state index is 0.00989. The molecule has 1 aromatic rings. The second-order valence-corrected chi connectivity index (χ2v) is 6.70. The normalized spacial score (nSPS) is 17.8. The third kappa shape index (κ3) is 3.22. The molecule has 1 aliphatic rings. The Morgan fingerprint density at radius 3 is 2.48 bits per heavy atom. The number of piperidine rings is 1. The van der Waals surface area contributed by atoms with E-state index < -0.39 is 26.7 Å². The van der Waals surface area contributed by atoms with E-state index in [2.05, 4.69) is 0 Å². The molecule has 0 radical (unpaired) electrons. The number of carbonyl (C=O) groups is 1. The molecule has 0 unspecified atom stereocenters. The van der Waals surface area contributed by atoms with Gasteiger partial charge in [-0.2, -0.15) is 4.31 Å². The standard InChI is InChI=1S/C13H16FNO5S/c1-20-10-4-6-15(7-5-10)21(18,19)12-3-2-9(13(16)17)8-11(12)14/h2-3,8,10H,4-7H2,1H3,(H,16,17). The number of benzene rings is 1. The van der Waals surface area contributed by atoms with Crippen LogP contribution in [-0.4, -0.2) is 50.1 Å². The molecule has 1 aliphatic heterocycles. The second-order valence-electron chi connectivity index (χ2n) is 4.79. The van der Waals surface area contributed by atoms with E-state index in [1.165, 1.54) is 4.31 Å². The van der Waals surface area contributed by atoms with Gasteiger partial charge in [0.15, 0.2) is 0 Å². The third-order valence-electron chi connectivity index (χ3n) is 3.53. The number of hydrogen-bond donors (Lipinski definition) is 1. The van der Waals surface area contributed by atoms with Crippen LogP contribution >= 0.6 is 0 Å². The van der Waals surface area contributed by atoms with Crippen molar-refractivity contribution in [2.75, 3.05) is 20.2 Å². The van der Waals surface area contributed by atoms with Crippen LogP contribution in [0.4, 0.5) is 4.39 Å². The molecule has 0 aliphatic carbocycles. The summed E-state index contributed by atoms with van der Waals surface area (Å²) >= 11 is 0. The van der Waals surface area contributed by atoms with Gasteiger partial charge in [0.25, 0.3) is 0 Å². The molecule has 21 heavy (non-hydrogen) atoms. The van der Waals surface area contributed by atoms with Crippen molar-refractivity contribution in [1.82, 2.24) is 4.31 Å². The van der Waals surface area contributed by atoms with Crippen LogP contribution in [0.1, 0.15) is 23.2 Å². The summed E-state index contributed by atoms with van der Waals surface area (Å²) in [4.78, 5) is 10.2. The molecule has 1 aromatic carbocycles. The van der Waals surface area contributed by atoms with Crippen molar-refractivity contribution >= 4 is 16.0 Å². The number of carboxylic acid groups (broad SMARTS) is 1. The Morgan fingerprint density at radius 2 is 2.00 bits per heavy atom. The molecular weight excluding hydrogens is 301 g/mol. The van der Waals surface area contributed by atoms with Crippen molar-refractivity contribution in [3.63, 3.8) is 0 Å². The fraction of sp³-hybridized carbons (Fsp3) is 0.462. The maximum Gasteiger partial charge on any atom is 0.335 e. The third-order valence-corrected chi connectivity index (χ3v) is 5.46. The van der Waals surface area contributed by atoms with Crippen LogP contribution in [0.2, 0.25) is 0 Å². The topological polar surface area (TPSA) is 83.9 Å².